The van der Waals surface area contributed by atoms with Gasteiger partial charge in [0, 0.05) is 13.0 Å². The van der Waals surface area contributed by atoms with Gasteiger partial charge in [-0.25, -0.2) is 4.79 Å². The van der Waals surface area contributed by atoms with Gasteiger partial charge in [-0.15, -0.1) is 6.58 Å². The average Bonchev–Trinajstić information content (AvgIpc) is 2.66. The van der Waals surface area contributed by atoms with Gasteiger partial charge in [0.25, 0.3) is 5.91 Å². The van der Waals surface area contributed by atoms with Crippen molar-refractivity contribution in [2.45, 2.75) is 18.9 Å². The van der Waals surface area contributed by atoms with Crippen molar-refractivity contribution in [2.75, 3.05) is 6.54 Å². The first kappa shape index (κ1) is 11.2. The van der Waals surface area contributed by atoms with E-state index in [9.17, 15) is 9.59 Å². The molecule has 1 aliphatic heterocycles. The molecule has 6 heteroatoms. The first-order valence-electron chi connectivity index (χ1n) is 4.49. The van der Waals surface area contributed by atoms with Crippen LogP contribution in [0, 0.1) is 0 Å². The Morgan fingerprint density at radius 1 is 1.73 bits per heavy atom. The van der Waals surface area contributed by atoms with E-state index in [1.807, 2.05) is 0 Å². The summed E-state index contributed by atoms with van der Waals surface area (Å²) >= 11 is 0. The highest BCUT2D eigenvalue weighted by Gasteiger charge is 2.30. The third kappa shape index (κ3) is 3.08. The highest BCUT2D eigenvalue weighted by atomic mass is 16.6. The number of hydrogen-bond acceptors (Lipinski definition) is 4. The van der Waals surface area contributed by atoms with Crippen LogP contribution < -0.4 is 5.32 Å². The molecule has 0 saturated heterocycles. The Morgan fingerprint density at radius 2 is 2.47 bits per heavy atom. The molecule has 0 bridgehead atoms. The molecule has 1 heterocycles. The Morgan fingerprint density at radius 3 is 3.00 bits per heavy atom. The number of carbonyl (C=O) groups excluding carboxylic acids is 1. The molecule has 0 fully saturated rings. The molecule has 6 nitrogen and oxygen atoms in total. The van der Waals surface area contributed by atoms with Crippen LogP contribution in [-0.2, 0) is 14.4 Å². The largest absolute Gasteiger partial charge is 0.477 e. The normalized spacial score (nSPS) is 18.9. The first-order chi connectivity index (χ1) is 7.15. The number of oxime groups is 1. The molecule has 1 atom stereocenters. The van der Waals surface area contributed by atoms with Gasteiger partial charge in [-0.3, -0.25) is 4.79 Å². The van der Waals surface area contributed by atoms with Gasteiger partial charge >= 0.3 is 5.97 Å². The van der Waals surface area contributed by atoms with Crippen LogP contribution in [0.2, 0.25) is 0 Å². The number of rotatable bonds is 5. The lowest BCUT2D eigenvalue weighted by molar-refractivity contribution is -0.131. The average molecular weight is 212 g/mol. The minimum atomic E-state index is -1.16. The van der Waals surface area contributed by atoms with Crippen molar-refractivity contribution in [3.05, 3.63) is 12.7 Å². The number of amides is 1. The molecule has 0 aromatic rings. The molecule has 0 spiro atoms. The van der Waals surface area contributed by atoms with E-state index < -0.39 is 12.1 Å². The minimum Gasteiger partial charge on any atom is -0.477 e. The second-order valence-corrected chi connectivity index (χ2v) is 3.01. The summed E-state index contributed by atoms with van der Waals surface area (Å²) in [5.74, 6) is -1.51. The Balaban J connectivity index is 2.33. The lowest BCUT2D eigenvalue weighted by atomic mass is 10.1. The van der Waals surface area contributed by atoms with Crippen molar-refractivity contribution >= 4 is 17.6 Å². The molecule has 15 heavy (non-hydrogen) atoms. The summed E-state index contributed by atoms with van der Waals surface area (Å²) in [5.41, 5.74) is -0.126. The summed E-state index contributed by atoms with van der Waals surface area (Å²) in [6.07, 6.45) is 1.52. The van der Waals surface area contributed by atoms with E-state index in [1.54, 1.807) is 6.08 Å². The number of aliphatic carboxylic acids is 1. The molecule has 1 unspecified atom stereocenters. The predicted octanol–water partition coefficient (Wildman–Crippen LogP) is -0.0918. The molecular formula is C9H12N2O4. The summed E-state index contributed by atoms with van der Waals surface area (Å²) in [7, 11) is 0. The maximum Gasteiger partial charge on any atom is 0.353 e. The van der Waals surface area contributed by atoms with Crippen molar-refractivity contribution in [2.24, 2.45) is 5.16 Å². The molecule has 1 amide bonds. The van der Waals surface area contributed by atoms with E-state index in [2.05, 4.69) is 21.9 Å². The van der Waals surface area contributed by atoms with Crippen LogP contribution in [-0.4, -0.2) is 35.3 Å². The van der Waals surface area contributed by atoms with E-state index in [0.717, 1.165) is 0 Å². The Hall–Kier alpha value is -1.85. The summed E-state index contributed by atoms with van der Waals surface area (Å²) < 4.78 is 0. The molecule has 0 aromatic carbocycles. The smallest absolute Gasteiger partial charge is 0.353 e. The molecular weight excluding hydrogens is 200 g/mol. The minimum absolute atomic E-state index is 0.00918. The van der Waals surface area contributed by atoms with Gasteiger partial charge in [0.05, 0.1) is 0 Å². The zero-order valence-electron chi connectivity index (χ0n) is 8.10. The molecule has 0 aromatic heterocycles. The number of carboxylic acids is 1. The summed E-state index contributed by atoms with van der Waals surface area (Å²) in [6.45, 7) is 3.97. The van der Waals surface area contributed by atoms with Gasteiger partial charge in [0.1, 0.15) is 0 Å². The zero-order chi connectivity index (χ0) is 11.3. The zero-order valence-corrected chi connectivity index (χ0v) is 8.10. The van der Waals surface area contributed by atoms with Gasteiger partial charge in [0.15, 0.2) is 5.71 Å². The van der Waals surface area contributed by atoms with E-state index in [-0.39, 0.29) is 18.0 Å². The summed E-state index contributed by atoms with van der Waals surface area (Å²) in [6, 6.07) is 0. The van der Waals surface area contributed by atoms with Crippen molar-refractivity contribution < 1.29 is 19.5 Å². The topological polar surface area (TPSA) is 88.0 Å². The predicted molar refractivity (Wildman–Crippen MR) is 52.4 cm³/mol. The second-order valence-electron chi connectivity index (χ2n) is 3.01. The number of carboxylic acid groups (broad SMARTS) is 1. The number of nitrogens with zero attached hydrogens (tertiary/aromatic N) is 1. The van der Waals surface area contributed by atoms with Crippen LogP contribution in [0.1, 0.15) is 12.8 Å². The van der Waals surface area contributed by atoms with E-state index in [1.165, 1.54) is 0 Å². The van der Waals surface area contributed by atoms with Crippen molar-refractivity contribution in [1.82, 2.24) is 5.32 Å². The summed E-state index contributed by atoms with van der Waals surface area (Å²) in [4.78, 5) is 26.5. The van der Waals surface area contributed by atoms with E-state index >= 15 is 0 Å². The fraction of sp³-hybridized carbons (Fsp3) is 0.444. The molecule has 0 aliphatic carbocycles. The third-order valence-electron chi connectivity index (χ3n) is 1.86. The van der Waals surface area contributed by atoms with Gasteiger partial charge in [-0.05, 0) is 6.42 Å². The highest BCUT2D eigenvalue weighted by molar-refractivity contribution is 6.36. The van der Waals surface area contributed by atoms with E-state index in [0.29, 0.717) is 13.0 Å². The maximum atomic E-state index is 11.4. The van der Waals surface area contributed by atoms with Gasteiger partial charge in [0.2, 0.25) is 6.10 Å². The van der Waals surface area contributed by atoms with Gasteiger partial charge < -0.3 is 15.3 Å². The Kier molecular flexibility index (Phi) is 3.84. The Bertz CT molecular complexity index is 311. The lowest BCUT2D eigenvalue weighted by Gasteiger charge is -2.07. The monoisotopic (exact) mass is 212 g/mol. The lowest BCUT2D eigenvalue weighted by Crippen LogP contribution is -2.35. The van der Waals surface area contributed by atoms with Crippen molar-refractivity contribution in [3.63, 3.8) is 0 Å². The molecule has 1 aliphatic rings. The standard InChI is InChI=1S/C9H12N2O4/c1-2-3-4-10-8(12)7-5-6(9(13)14)11-15-7/h2,7H,1,3-5H2,(H,10,12)(H,13,14). The highest BCUT2D eigenvalue weighted by Crippen LogP contribution is 2.10. The van der Waals surface area contributed by atoms with Crippen LogP contribution in [0.15, 0.2) is 17.8 Å². The number of hydrogen-bond donors (Lipinski definition) is 2. The van der Waals surface area contributed by atoms with Gasteiger partial charge in [-0.2, -0.15) is 0 Å². The van der Waals surface area contributed by atoms with E-state index in [4.69, 9.17) is 5.11 Å². The molecule has 0 saturated carbocycles. The maximum absolute atomic E-state index is 11.4. The first-order valence-corrected chi connectivity index (χ1v) is 4.49. The fourth-order valence-corrected chi connectivity index (χ4v) is 1.06. The number of carbonyl (C=O) groups is 2. The SMILES string of the molecule is C=CCCNC(=O)C1CC(C(=O)O)=NO1. The Labute approximate surface area is 86.6 Å². The van der Waals surface area contributed by atoms with Crippen LogP contribution >= 0.6 is 0 Å². The number of nitrogens with one attached hydrogen (secondary N) is 1. The van der Waals surface area contributed by atoms with Crippen molar-refractivity contribution in [3.8, 4) is 0 Å². The van der Waals surface area contributed by atoms with Crippen LogP contribution in [0.5, 0.6) is 0 Å². The van der Waals surface area contributed by atoms with Crippen molar-refractivity contribution in [1.29, 1.82) is 0 Å². The van der Waals surface area contributed by atoms with Gasteiger partial charge in [-0.1, -0.05) is 11.2 Å². The van der Waals surface area contributed by atoms with Crippen LogP contribution in [0.3, 0.4) is 0 Å². The molecule has 0 radical (unpaired) electrons. The second kappa shape index (κ2) is 5.14. The molecule has 2 N–H and O–H groups in total. The molecule has 1 rings (SSSR count). The quantitative estimate of drug-likeness (QED) is 0.492. The fourth-order valence-electron chi connectivity index (χ4n) is 1.06. The third-order valence-corrected chi connectivity index (χ3v) is 1.86. The molecule has 82 valence electrons. The van der Waals surface area contributed by atoms with Crippen LogP contribution in [0.4, 0.5) is 0 Å². The summed E-state index contributed by atoms with van der Waals surface area (Å²) in [5, 5.41) is 14.5. The van der Waals surface area contributed by atoms with Crippen LogP contribution in [0.25, 0.3) is 0 Å².